The normalized spacial score (nSPS) is 21.2. The summed E-state index contributed by atoms with van der Waals surface area (Å²) in [5, 5.41) is 17.6. The summed E-state index contributed by atoms with van der Waals surface area (Å²) in [5.41, 5.74) is 4.75. The highest BCUT2D eigenvalue weighted by atomic mass is 32.2. The van der Waals surface area contributed by atoms with Crippen LogP contribution in [0, 0.1) is 28.4 Å². The van der Waals surface area contributed by atoms with Crippen LogP contribution in [0.2, 0.25) is 0 Å². The summed E-state index contributed by atoms with van der Waals surface area (Å²) < 4.78 is 41.6. The number of amides is 3. The van der Waals surface area contributed by atoms with E-state index in [1.54, 1.807) is 29.9 Å². The Morgan fingerprint density at radius 2 is 1.76 bits per heavy atom. The van der Waals surface area contributed by atoms with Crippen LogP contribution >= 0.6 is 11.9 Å². The molecule has 59 heavy (non-hydrogen) atoms. The van der Waals surface area contributed by atoms with E-state index in [2.05, 4.69) is 26.1 Å². The number of nitrogens with zero attached hydrogens (tertiary/aromatic N) is 7. The van der Waals surface area contributed by atoms with Gasteiger partial charge in [-0.3, -0.25) is 24.7 Å². The molecule has 2 saturated heterocycles. The lowest BCUT2D eigenvalue weighted by atomic mass is 9.56. The summed E-state index contributed by atoms with van der Waals surface area (Å²) >= 11 is 1.44. The summed E-state index contributed by atoms with van der Waals surface area (Å²) in [6, 6.07) is 13.6. The maximum Gasteiger partial charge on any atom is 0.329 e. The highest BCUT2D eigenvalue weighted by Gasteiger charge is 2.47. The predicted molar refractivity (Wildman–Crippen MR) is 223 cm³/mol. The lowest BCUT2D eigenvalue weighted by Gasteiger charge is -2.53. The van der Waals surface area contributed by atoms with Crippen LogP contribution in [0.5, 0.6) is 11.5 Å². The molecule has 4 heterocycles. The first-order valence-electron chi connectivity index (χ1n) is 20.6. The summed E-state index contributed by atoms with van der Waals surface area (Å²) in [7, 11) is 1.80. The van der Waals surface area contributed by atoms with Gasteiger partial charge in [-0.05, 0) is 130 Å². The number of ether oxygens (including phenoxy) is 1. The average Bonchev–Trinajstić information content (AvgIpc) is 3.53. The second-order valence-electron chi connectivity index (χ2n) is 17.0. The largest absolute Gasteiger partial charge is 0.453 e. The number of hydrogen-bond donors (Lipinski definition) is 2. The SMILES string of the molecule is CC(C)SNc1ccc(F)c(Oc2ccc3ncc(C4CC5(CCN(C6CCC(c7cc8c(cc7F)c(N7CCC(=O)NC7=O)nn8C)CC6)CC5)C4)nc3c2)c1C#N. The van der Waals surface area contributed by atoms with Gasteiger partial charge in [0.1, 0.15) is 23.2 Å². The van der Waals surface area contributed by atoms with Gasteiger partial charge in [0.05, 0.1) is 27.9 Å². The number of carbonyl (C=O) groups is 2. The molecule has 12 nitrogen and oxygen atoms in total. The molecule has 3 aromatic carbocycles. The van der Waals surface area contributed by atoms with Gasteiger partial charge in [-0.2, -0.15) is 10.4 Å². The van der Waals surface area contributed by atoms with Gasteiger partial charge in [0.15, 0.2) is 17.4 Å². The third kappa shape index (κ3) is 7.57. The molecule has 0 atom stereocenters. The van der Waals surface area contributed by atoms with Crippen molar-refractivity contribution in [2.75, 3.05) is 29.3 Å². The Kier molecular flexibility index (Phi) is 10.4. The monoisotopic (exact) mass is 819 g/mol. The van der Waals surface area contributed by atoms with E-state index in [0.29, 0.717) is 51.1 Å². The average molecular weight is 820 g/mol. The van der Waals surface area contributed by atoms with E-state index in [-0.39, 0.29) is 47.2 Å². The molecule has 0 unspecified atom stereocenters. The van der Waals surface area contributed by atoms with Crippen molar-refractivity contribution in [3.63, 3.8) is 0 Å². The lowest BCUT2D eigenvalue weighted by Crippen LogP contribution is -2.50. The number of nitrogens with one attached hydrogen (secondary N) is 2. The second-order valence-corrected chi connectivity index (χ2v) is 18.3. The number of urea groups is 1. The van der Waals surface area contributed by atoms with Gasteiger partial charge >= 0.3 is 6.03 Å². The van der Waals surface area contributed by atoms with Crippen molar-refractivity contribution in [1.29, 1.82) is 5.26 Å². The van der Waals surface area contributed by atoms with Crippen molar-refractivity contribution in [3.05, 3.63) is 77.1 Å². The Labute approximate surface area is 345 Å². The molecule has 2 aliphatic heterocycles. The molecule has 2 aliphatic carbocycles. The van der Waals surface area contributed by atoms with E-state index in [0.717, 1.165) is 81.2 Å². The molecular formula is C44H47F2N9O3S. The first-order chi connectivity index (χ1) is 28.5. The molecule has 4 fully saturated rings. The number of likely N-dealkylation sites (tertiary alicyclic amines) is 1. The van der Waals surface area contributed by atoms with Crippen LogP contribution in [0.25, 0.3) is 21.9 Å². The minimum atomic E-state index is -0.613. The van der Waals surface area contributed by atoms with E-state index in [9.17, 15) is 19.2 Å². The molecule has 5 aromatic rings. The van der Waals surface area contributed by atoms with E-state index < -0.39 is 11.8 Å². The fraction of sp³-hybridized carbons (Fsp3) is 0.455. The number of imide groups is 1. The number of aryl methyl sites for hydroxylation is 1. The third-order valence-electron chi connectivity index (χ3n) is 12.9. The van der Waals surface area contributed by atoms with Crippen molar-refractivity contribution >= 4 is 57.3 Å². The van der Waals surface area contributed by atoms with E-state index in [4.69, 9.17) is 14.7 Å². The first kappa shape index (κ1) is 39.1. The number of nitriles is 1. The van der Waals surface area contributed by atoms with Crippen molar-refractivity contribution < 1.29 is 23.1 Å². The van der Waals surface area contributed by atoms with E-state index >= 15 is 4.39 Å². The molecule has 9 rings (SSSR count). The van der Waals surface area contributed by atoms with Crippen molar-refractivity contribution in [1.82, 2.24) is 30.0 Å². The summed E-state index contributed by atoms with van der Waals surface area (Å²) in [4.78, 5) is 38.0. The zero-order valence-corrected chi connectivity index (χ0v) is 34.2. The zero-order valence-electron chi connectivity index (χ0n) is 33.4. The van der Waals surface area contributed by atoms with Crippen LogP contribution < -0.4 is 19.7 Å². The van der Waals surface area contributed by atoms with Crippen LogP contribution in [0.4, 0.5) is 25.1 Å². The molecule has 4 aliphatic rings. The Morgan fingerprint density at radius 3 is 2.49 bits per heavy atom. The van der Waals surface area contributed by atoms with Gasteiger partial charge in [-0.25, -0.2) is 18.6 Å². The Hall–Kier alpha value is -5.33. The fourth-order valence-corrected chi connectivity index (χ4v) is 10.2. The van der Waals surface area contributed by atoms with Crippen molar-refractivity contribution in [2.45, 2.75) is 94.8 Å². The quantitative estimate of drug-likeness (QED) is 0.138. The summed E-state index contributed by atoms with van der Waals surface area (Å²) in [5.74, 6) is -0.121. The minimum Gasteiger partial charge on any atom is -0.453 e. The standard InChI is InChI=1S/C44H47F2N9O3S/c1-25(2)59-52-35-11-9-33(45)41(32(35)23-47)58-29-8-10-36-37(18-29)49-38(24-48-36)27-21-44(22-27)13-16-54(17-14-44)28-6-4-26(5-7-28)30-20-39-31(19-34(30)46)42(51-53(39)3)55-15-12-40(56)50-43(55)57/h8-11,18-20,24-28,52H,4-7,12-17,21-22H2,1-3H3,(H,50,56,57). The molecule has 306 valence electrons. The van der Waals surface area contributed by atoms with Gasteiger partial charge in [0.2, 0.25) is 5.91 Å². The highest BCUT2D eigenvalue weighted by molar-refractivity contribution is 8.01. The molecule has 2 aromatic heterocycles. The van der Waals surface area contributed by atoms with Gasteiger partial charge in [0, 0.05) is 54.9 Å². The number of anilines is 2. The fourth-order valence-electron chi connectivity index (χ4n) is 9.69. The van der Waals surface area contributed by atoms with E-state index in [1.165, 1.54) is 29.0 Å². The molecule has 0 bridgehead atoms. The number of hydrogen-bond acceptors (Lipinski definition) is 10. The molecule has 1 spiro atoms. The van der Waals surface area contributed by atoms with Crippen molar-refractivity contribution in [2.24, 2.45) is 12.5 Å². The molecule has 3 amide bonds. The third-order valence-corrected chi connectivity index (χ3v) is 13.7. The van der Waals surface area contributed by atoms with E-state index in [1.807, 2.05) is 32.2 Å². The van der Waals surface area contributed by atoms with Crippen LogP contribution in [-0.2, 0) is 11.8 Å². The maximum atomic E-state index is 15.8. The molecule has 2 N–H and O–H groups in total. The number of rotatable bonds is 9. The Bertz CT molecular complexity index is 2500. The number of fused-ring (bicyclic) bond motifs is 2. The minimum absolute atomic E-state index is 0.106. The lowest BCUT2D eigenvalue weighted by molar-refractivity contribution is -0.120. The number of halogens is 2. The van der Waals surface area contributed by atoms with Gasteiger partial charge in [-0.15, -0.1) is 0 Å². The summed E-state index contributed by atoms with van der Waals surface area (Å²) in [6.07, 6.45) is 10.4. The summed E-state index contributed by atoms with van der Waals surface area (Å²) in [6.45, 7) is 6.39. The maximum absolute atomic E-state index is 15.8. The zero-order chi connectivity index (χ0) is 41.0. The Balaban J connectivity index is 0.798. The van der Waals surface area contributed by atoms with Crippen LogP contribution in [0.15, 0.2) is 48.7 Å². The Morgan fingerprint density at radius 1 is 0.983 bits per heavy atom. The van der Waals surface area contributed by atoms with Gasteiger partial charge < -0.3 is 14.4 Å². The number of aromatic nitrogens is 4. The van der Waals surface area contributed by atoms with Crippen LogP contribution in [-0.4, -0.2) is 67.5 Å². The molecule has 2 saturated carbocycles. The second kappa shape index (κ2) is 15.7. The molecular weight excluding hydrogens is 773 g/mol. The van der Waals surface area contributed by atoms with Crippen LogP contribution in [0.3, 0.4) is 0 Å². The number of benzene rings is 3. The van der Waals surface area contributed by atoms with Crippen molar-refractivity contribution in [3.8, 4) is 17.6 Å². The van der Waals surface area contributed by atoms with Gasteiger partial charge in [0.25, 0.3) is 0 Å². The van der Waals surface area contributed by atoms with Gasteiger partial charge in [-0.1, -0.05) is 13.8 Å². The molecule has 0 radical (unpaired) electrons. The highest BCUT2D eigenvalue weighted by Crippen LogP contribution is 2.57. The molecule has 15 heteroatoms. The number of piperidine rings is 1. The number of carbonyl (C=O) groups excluding carboxylic acids is 2. The smallest absolute Gasteiger partial charge is 0.329 e. The predicted octanol–water partition coefficient (Wildman–Crippen LogP) is 9.06. The van der Waals surface area contributed by atoms with Crippen LogP contribution in [0.1, 0.15) is 100 Å². The first-order valence-corrected chi connectivity index (χ1v) is 21.5. The topological polar surface area (TPSA) is 141 Å².